The fourth-order valence-electron chi connectivity index (χ4n) is 2.56. The largest absolute Gasteiger partial charge is 0.380 e. The smallest absolute Gasteiger partial charge is 0.116 e. The third-order valence-corrected chi connectivity index (χ3v) is 3.97. The maximum Gasteiger partial charge on any atom is 0.116 e. The Morgan fingerprint density at radius 2 is 1.68 bits per heavy atom. The summed E-state index contributed by atoms with van der Waals surface area (Å²) in [6, 6.07) is 17.3. The van der Waals surface area contributed by atoms with Crippen LogP contribution in [-0.4, -0.2) is 30.6 Å². The molecule has 1 N–H and O–H groups in total. The molecule has 1 atom stereocenters. The molecule has 22 heavy (non-hydrogen) atoms. The van der Waals surface area contributed by atoms with Crippen LogP contribution in [0.1, 0.15) is 11.1 Å². The molecule has 0 aromatic heterocycles. The van der Waals surface area contributed by atoms with Crippen LogP contribution >= 0.6 is 11.6 Å². The van der Waals surface area contributed by atoms with Gasteiger partial charge in [0.15, 0.2) is 0 Å². The van der Waals surface area contributed by atoms with E-state index in [2.05, 4.69) is 6.58 Å². The summed E-state index contributed by atoms with van der Waals surface area (Å²) < 4.78 is 0. The Balaban J connectivity index is 2.37. The van der Waals surface area contributed by atoms with Gasteiger partial charge in [-0.15, -0.1) is 0 Å². The van der Waals surface area contributed by atoms with Crippen molar-refractivity contribution >= 4 is 11.6 Å². The van der Waals surface area contributed by atoms with E-state index in [0.29, 0.717) is 18.0 Å². The third-order valence-electron chi connectivity index (χ3n) is 3.72. The Labute approximate surface area is 137 Å². The van der Waals surface area contributed by atoms with E-state index in [0.717, 1.165) is 16.7 Å². The number of aliphatic hydroxyl groups is 1. The van der Waals surface area contributed by atoms with Crippen LogP contribution in [0.2, 0.25) is 5.02 Å². The quantitative estimate of drug-likeness (QED) is 0.818. The molecule has 0 spiro atoms. The lowest BCUT2D eigenvalue weighted by molar-refractivity contribution is 0.0703. The van der Waals surface area contributed by atoms with E-state index >= 15 is 0 Å². The highest BCUT2D eigenvalue weighted by atomic mass is 35.5. The first kappa shape index (κ1) is 16.8. The summed E-state index contributed by atoms with van der Waals surface area (Å²) in [5.41, 5.74) is 1.56. The second-order valence-corrected chi connectivity index (χ2v) is 6.31. The average molecular weight is 316 g/mol. The first-order chi connectivity index (χ1) is 10.4. The molecule has 3 heteroatoms. The Kier molecular flexibility index (Phi) is 5.41. The van der Waals surface area contributed by atoms with Gasteiger partial charge in [-0.2, -0.15) is 0 Å². The lowest BCUT2D eigenvalue weighted by Crippen LogP contribution is -2.35. The molecule has 2 aromatic rings. The molecule has 0 aliphatic rings. The molecule has 0 aliphatic heterocycles. The fraction of sp³-hybridized carbons (Fsp3) is 0.263. The van der Waals surface area contributed by atoms with Crippen LogP contribution in [0.25, 0.3) is 0 Å². The maximum atomic E-state index is 11.4. The van der Waals surface area contributed by atoms with Crippen molar-refractivity contribution < 1.29 is 5.11 Å². The molecule has 0 fully saturated rings. The number of benzene rings is 2. The topological polar surface area (TPSA) is 23.5 Å². The van der Waals surface area contributed by atoms with E-state index in [9.17, 15) is 5.11 Å². The molecule has 1 unspecified atom stereocenters. The lowest BCUT2D eigenvalue weighted by Gasteiger charge is -2.32. The van der Waals surface area contributed by atoms with Gasteiger partial charge in [-0.1, -0.05) is 60.6 Å². The SMILES string of the molecule is C=C(CN(C)C)C(O)(Cc1ccc(Cl)cc1)c1ccccc1. The van der Waals surface area contributed by atoms with Crippen molar-refractivity contribution in [1.82, 2.24) is 4.90 Å². The number of hydrogen-bond donors (Lipinski definition) is 1. The monoisotopic (exact) mass is 315 g/mol. The van der Waals surface area contributed by atoms with Crippen molar-refractivity contribution in [3.8, 4) is 0 Å². The zero-order valence-corrected chi connectivity index (χ0v) is 13.8. The van der Waals surface area contributed by atoms with Crippen molar-refractivity contribution in [3.63, 3.8) is 0 Å². The van der Waals surface area contributed by atoms with Gasteiger partial charge in [0.1, 0.15) is 5.60 Å². The summed E-state index contributed by atoms with van der Waals surface area (Å²) in [4.78, 5) is 2.01. The lowest BCUT2D eigenvalue weighted by atomic mass is 9.81. The van der Waals surface area contributed by atoms with Crippen LogP contribution < -0.4 is 0 Å². The van der Waals surface area contributed by atoms with Crippen molar-refractivity contribution in [1.29, 1.82) is 0 Å². The van der Waals surface area contributed by atoms with E-state index < -0.39 is 5.60 Å². The van der Waals surface area contributed by atoms with Gasteiger partial charge in [-0.3, -0.25) is 0 Å². The van der Waals surface area contributed by atoms with E-state index in [1.54, 1.807) is 0 Å². The molecule has 2 aromatic carbocycles. The predicted octanol–water partition coefficient (Wildman–Crippen LogP) is 3.89. The number of hydrogen-bond acceptors (Lipinski definition) is 2. The minimum absolute atomic E-state index is 0.473. The average Bonchev–Trinajstić information content (AvgIpc) is 2.49. The molecule has 0 heterocycles. The van der Waals surface area contributed by atoms with Gasteiger partial charge in [0.05, 0.1) is 0 Å². The van der Waals surface area contributed by atoms with Crippen LogP contribution in [0.15, 0.2) is 66.7 Å². The van der Waals surface area contributed by atoms with E-state index in [1.807, 2.05) is 73.6 Å². The predicted molar refractivity (Wildman–Crippen MR) is 93.2 cm³/mol. The molecule has 0 saturated carbocycles. The normalized spacial score (nSPS) is 13.9. The van der Waals surface area contributed by atoms with Crippen LogP contribution in [0.5, 0.6) is 0 Å². The second kappa shape index (κ2) is 7.10. The van der Waals surface area contributed by atoms with Crippen LogP contribution in [0, 0.1) is 0 Å². The summed E-state index contributed by atoms with van der Waals surface area (Å²) in [7, 11) is 3.94. The van der Waals surface area contributed by atoms with Gasteiger partial charge in [-0.25, -0.2) is 0 Å². The molecule has 0 saturated heterocycles. The molecule has 116 valence electrons. The molecule has 0 bridgehead atoms. The van der Waals surface area contributed by atoms with Gasteiger partial charge in [-0.05, 0) is 42.9 Å². The highest BCUT2D eigenvalue weighted by Gasteiger charge is 2.32. The first-order valence-electron chi connectivity index (χ1n) is 7.27. The van der Waals surface area contributed by atoms with E-state index in [-0.39, 0.29) is 0 Å². The minimum atomic E-state index is -1.10. The van der Waals surface area contributed by atoms with Gasteiger partial charge < -0.3 is 10.0 Å². The minimum Gasteiger partial charge on any atom is -0.380 e. The zero-order valence-electron chi connectivity index (χ0n) is 13.1. The Hall–Kier alpha value is -1.61. The second-order valence-electron chi connectivity index (χ2n) is 5.87. The standard InChI is InChI=1S/C19H22ClNO/c1-15(14-21(2)3)19(22,17-7-5-4-6-8-17)13-16-9-11-18(20)12-10-16/h4-12,22H,1,13-14H2,2-3H3. The molecule has 2 nitrogen and oxygen atoms in total. The first-order valence-corrected chi connectivity index (χ1v) is 7.65. The number of halogens is 1. The maximum absolute atomic E-state index is 11.4. The molecule has 2 rings (SSSR count). The number of nitrogens with zero attached hydrogens (tertiary/aromatic N) is 1. The van der Waals surface area contributed by atoms with Gasteiger partial charge in [0.25, 0.3) is 0 Å². The summed E-state index contributed by atoms with van der Waals surface area (Å²) in [6.07, 6.45) is 0.473. The number of rotatable bonds is 6. The summed E-state index contributed by atoms with van der Waals surface area (Å²) in [5, 5.41) is 12.1. The van der Waals surface area contributed by atoms with Gasteiger partial charge >= 0.3 is 0 Å². The van der Waals surface area contributed by atoms with Crippen molar-refractivity contribution in [3.05, 3.63) is 82.9 Å². The van der Waals surface area contributed by atoms with Gasteiger partial charge in [0, 0.05) is 18.0 Å². The highest BCUT2D eigenvalue weighted by molar-refractivity contribution is 6.30. The molecule has 0 aliphatic carbocycles. The van der Waals surface area contributed by atoms with Crippen molar-refractivity contribution in [2.24, 2.45) is 0 Å². The van der Waals surface area contributed by atoms with Crippen LogP contribution in [0.3, 0.4) is 0 Å². The molecular formula is C19H22ClNO. The Morgan fingerprint density at radius 1 is 1.09 bits per heavy atom. The van der Waals surface area contributed by atoms with Crippen LogP contribution in [0.4, 0.5) is 0 Å². The third kappa shape index (κ3) is 3.98. The highest BCUT2D eigenvalue weighted by Crippen LogP contribution is 2.33. The Morgan fingerprint density at radius 3 is 2.23 bits per heavy atom. The zero-order chi connectivity index (χ0) is 16.2. The summed E-state index contributed by atoms with van der Waals surface area (Å²) >= 11 is 5.94. The summed E-state index contributed by atoms with van der Waals surface area (Å²) in [5.74, 6) is 0. The van der Waals surface area contributed by atoms with Crippen molar-refractivity contribution in [2.75, 3.05) is 20.6 Å². The van der Waals surface area contributed by atoms with Gasteiger partial charge in [0.2, 0.25) is 0 Å². The fourth-order valence-corrected chi connectivity index (χ4v) is 2.68. The van der Waals surface area contributed by atoms with E-state index in [4.69, 9.17) is 11.6 Å². The van der Waals surface area contributed by atoms with E-state index in [1.165, 1.54) is 0 Å². The van der Waals surface area contributed by atoms with Crippen molar-refractivity contribution in [2.45, 2.75) is 12.0 Å². The number of likely N-dealkylation sites (N-methyl/N-ethyl adjacent to an activating group) is 1. The molecular weight excluding hydrogens is 294 g/mol. The van der Waals surface area contributed by atoms with Crippen LogP contribution in [-0.2, 0) is 12.0 Å². The Bertz CT molecular complexity index is 622. The summed E-state index contributed by atoms with van der Waals surface area (Å²) in [6.45, 7) is 4.76. The molecule has 0 amide bonds. The molecule has 0 radical (unpaired) electrons.